The third kappa shape index (κ3) is 3.73. The third-order valence-corrected chi connectivity index (χ3v) is 7.20. The lowest BCUT2D eigenvalue weighted by Gasteiger charge is -2.24. The number of hydrogen-bond acceptors (Lipinski definition) is 6. The third-order valence-electron chi connectivity index (χ3n) is 7.20. The van der Waals surface area contributed by atoms with Gasteiger partial charge < -0.3 is 15.5 Å². The summed E-state index contributed by atoms with van der Waals surface area (Å²) in [5.74, 6) is 2.57. The van der Waals surface area contributed by atoms with Crippen LogP contribution in [0.25, 0.3) is 11.3 Å². The minimum atomic E-state index is 0.583. The second-order valence-corrected chi connectivity index (χ2v) is 9.29. The smallest absolute Gasteiger partial charge is 0.225 e. The van der Waals surface area contributed by atoms with Gasteiger partial charge in [-0.05, 0) is 61.8 Å². The monoisotopic (exact) mass is 426 g/mol. The highest BCUT2D eigenvalue weighted by atomic mass is 15.3. The van der Waals surface area contributed by atoms with E-state index in [0.29, 0.717) is 18.5 Å². The van der Waals surface area contributed by atoms with Crippen LogP contribution in [0.3, 0.4) is 0 Å². The topological polar surface area (TPSA) is 66.0 Å². The molecule has 3 aliphatic rings. The number of hydrogen-bond donors (Lipinski definition) is 2. The van der Waals surface area contributed by atoms with Crippen LogP contribution in [0.4, 0.5) is 11.8 Å². The van der Waals surface area contributed by atoms with Gasteiger partial charge in [0.05, 0.1) is 5.69 Å². The van der Waals surface area contributed by atoms with Crippen molar-refractivity contribution < 1.29 is 0 Å². The second-order valence-electron chi connectivity index (χ2n) is 9.29. The van der Waals surface area contributed by atoms with Gasteiger partial charge in [-0.15, -0.1) is 0 Å². The molecule has 0 spiro atoms. The van der Waals surface area contributed by atoms with Crippen LogP contribution in [-0.4, -0.2) is 40.6 Å². The molecule has 2 aromatic heterocycles. The van der Waals surface area contributed by atoms with E-state index in [9.17, 15) is 0 Å². The van der Waals surface area contributed by atoms with Crippen molar-refractivity contribution in [3.63, 3.8) is 0 Å². The summed E-state index contributed by atoms with van der Waals surface area (Å²) in [6.45, 7) is 3.94. The molecule has 164 valence electrons. The molecule has 6 heteroatoms. The van der Waals surface area contributed by atoms with Crippen molar-refractivity contribution in [2.75, 3.05) is 29.9 Å². The lowest BCUT2D eigenvalue weighted by Crippen LogP contribution is -2.40. The fraction of sp³-hybridized carbons (Fsp3) is 0.423. The molecule has 2 fully saturated rings. The lowest BCUT2D eigenvalue weighted by molar-refractivity contribution is 0.340. The molecule has 1 aliphatic carbocycles. The van der Waals surface area contributed by atoms with E-state index in [2.05, 4.69) is 50.8 Å². The molecular formula is C26H30N6. The van der Waals surface area contributed by atoms with Crippen molar-refractivity contribution in [1.82, 2.24) is 20.3 Å². The van der Waals surface area contributed by atoms with E-state index in [1.165, 1.54) is 29.5 Å². The Morgan fingerprint density at radius 3 is 2.91 bits per heavy atom. The number of anilines is 2. The molecular weight excluding hydrogens is 396 g/mol. The summed E-state index contributed by atoms with van der Waals surface area (Å²) in [5.41, 5.74) is 6.22. The molecule has 2 N–H and O–H groups in total. The van der Waals surface area contributed by atoms with Crippen LogP contribution in [0, 0.1) is 5.92 Å². The molecule has 2 aliphatic heterocycles. The summed E-state index contributed by atoms with van der Waals surface area (Å²) in [6, 6.07) is 13.4. The summed E-state index contributed by atoms with van der Waals surface area (Å²) in [5, 5.41) is 7.23. The number of nitrogens with one attached hydrogen (secondary N) is 2. The lowest BCUT2D eigenvalue weighted by atomic mass is 9.94. The highest BCUT2D eigenvalue weighted by Crippen LogP contribution is 2.38. The molecule has 6 rings (SSSR count). The van der Waals surface area contributed by atoms with Crippen LogP contribution in [0.2, 0.25) is 0 Å². The Labute approximate surface area is 189 Å². The largest absolute Gasteiger partial charge is 0.354 e. The number of aromatic nitrogens is 3. The number of aryl methyl sites for hydroxylation is 1. The molecule has 4 heterocycles. The van der Waals surface area contributed by atoms with Gasteiger partial charge in [0.1, 0.15) is 5.82 Å². The molecule has 0 radical (unpaired) electrons. The molecule has 6 nitrogen and oxygen atoms in total. The van der Waals surface area contributed by atoms with Crippen LogP contribution in [0.5, 0.6) is 0 Å². The van der Waals surface area contributed by atoms with Gasteiger partial charge in [0.15, 0.2) is 0 Å². The van der Waals surface area contributed by atoms with E-state index >= 15 is 0 Å². The molecule has 0 bridgehead atoms. The first kappa shape index (κ1) is 19.7. The molecule has 2 unspecified atom stereocenters. The summed E-state index contributed by atoms with van der Waals surface area (Å²) in [4.78, 5) is 16.9. The molecule has 0 saturated carbocycles. The zero-order valence-electron chi connectivity index (χ0n) is 18.4. The fourth-order valence-corrected chi connectivity index (χ4v) is 5.59. The maximum Gasteiger partial charge on any atom is 0.225 e. The van der Waals surface area contributed by atoms with Crippen LogP contribution in [0.15, 0.2) is 48.8 Å². The van der Waals surface area contributed by atoms with Crippen LogP contribution in [-0.2, 0) is 19.4 Å². The van der Waals surface area contributed by atoms with Gasteiger partial charge >= 0.3 is 0 Å². The number of pyridine rings is 1. The van der Waals surface area contributed by atoms with Crippen molar-refractivity contribution in [2.24, 2.45) is 5.92 Å². The fourth-order valence-electron chi connectivity index (χ4n) is 5.59. The summed E-state index contributed by atoms with van der Waals surface area (Å²) < 4.78 is 0. The zero-order chi connectivity index (χ0) is 21.3. The number of rotatable bonds is 4. The first-order chi connectivity index (χ1) is 15.8. The average molecular weight is 427 g/mol. The number of nitrogens with zero attached hydrogens (tertiary/aromatic N) is 4. The van der Waals surface area contributed by atoms with Crippen LogP contribution in [0.1, 0.15) is 36.0 Å². The van der Waals surface area contributed by atoms with Crippen molar-refractivity contribution in [3.05, 3.63) is 65.5 Å². The highest BCUT2D eigenvalue weighted by molar-refractivity contribution is 5.74. The minimum absolute atomic E-state index is 0.583. The van der Waals surface area contributed by atoms with Crippen molar-refractivity contribution in [2.45, 2.75) is 44.7 Å². The molecule has 32 heavy (non-hydrogen) atoms. The predicted molar refractivity (Wildman–Crippen MR) is 128 cm³/mol. The van der Waals surface area contributed by atoms with Crippen molar-refractivity contribution in [3.8, 4) is 11.3 Å². The quantitative estimate of drug-likeness (QED) is 0.661. The van der Waals surface area contributed by atoms with E-state index < -0.39 is 0 Å². The van der Waals surface area contributed by atoms with E-state index in [1.54, 1.807) is 6.20 Å². The Bertz CT molecular complexity index is 1080. The second kappa shape index (κ2) is 8.51. The molecule has 2 saturated heterocycles. The average Bonchev–Trinajstić information content (AvgIpc) is 3.19. The Morgan fingerprint density at radius 1 is 1.03 bits per heavy atom. The standard InChI is InChI=1S/C26H30N6/c1-2-10-21-19(7-1)8-3-11-22-24(21)30-26(29-15-18-6-4-12-27-14-18)31-25(22)32-16-20-9-5-13-28-23(20)17-32/h1-2,4,6-7,10,12,14,20,23,28H,3,5,8-9,11,13,15-17H2,(H,29,30,31). The first-order valence-corrected chi connectivity index (χ1v) is 12.0. The number of benzene rings is 1. The van der Waals surface area contributed by atoms with Crippen LogP contribution < -0.4 is 15.5 Å². The van der Waals surface area contributed by atoms with Crippen molar-refractivity contribution in [1.29, 1.82) is 0 Å². The highest BCUT2D eigenvalue weighted by Gasteiger charge is 2.36. The predicted octanol–water partition coefficient (Wildman–Crippen LogP) is 3.83. The first-order valence-electron chi connectivity index (χ1n) is 12.0. The number of fused-ring (bicyclic) bond motifs is 4. The van der Waals surface area contributed by atoms with Gasteiger partial charge in [0, 0.05) is 49.2 Å². The van der Waals surface area contributed by atoms with Crippen LogP contribution >= 0.6 is 0 Å². The Balaban J connectivity index is 1.40. The van der Waals surface area contributed by atoms with Gasteiger partial charge in [-0.2, -0.15) is 4.98 Å². The summed E-state index contributed by atoms with van der Waals surface area (Å²) in [6.07, 6.45) is 9.56. The van der Waals surface area contributed by atoms with Gasteiger partial charge in [0.2, 0.25) is 5.95 Å². The Morgan fingerprint density at radius 2 is 2.00 bits per heavy atom. The summed E-state index contributed by atoms with van der Waals surface area (Å²) >= 11 is 0. The van der Waals surface area contributed by atoms with E-state index in [-0.39, 0.29) is 0 Å². The van der Waals surface area contributed by atoms with Gasteiger partial charge in [0.25, 0.3) is 0 Å². The minimum Gasteiger partial charge on any atom is -0.354 e. The maximum atomic E-state index is 5.11. The Kier molecular flexibility index (Phi) is 5.23. The number of piperidine rings is 1. The Hall–Kier alpha value is -2.99. The molecule has 1 aromatic carbocycles. The van der Waals surface area contributed by atoms with Gasteiger partial charge in [-0.3, -0.25) is 4.98 Å². The molecule has 2 atom stereocenters. The zero-order valence-corrected chi connectivity index (χ0v) is 18.4. The van der Waals surface area contributed by atoms with Gasteiger partial charge in [-0.25, -0.2) is 4.98 Å². The maximum absolute atomic E-state index is 5.11. The van der Waals surface area contributed by atoms with E-state index in [1.807, 2.05) is 12.3 Å². The van der Waals surface area contributed by atoms with Gasteiger partial charge in [-0.1, -0.05) is 30.3 Å². The van der Waals surface area contributed by atoms with E-state index in [4.69, 9.17) is 9.97 Å². The van der Waals surface area contributed by atoms with E-state index in [0.717, 1.165) is 61.9 Å². The molecule has 3 aromatic rings. The molecule has 0 amide bonds. The normalized spacial score (nSPS) is 21.9. The SMILES string of the molecule is c1cncc(CNc2nc3c(c(N4CC5CCCNC5C4)n2)CCCc2ccccc2-3)c1. The van der Waals surface area contributed by atoms with Crippen molar-refractivity contribution >= 4 is 11.8 Å². The summed E-state index contributed by atoms with van der Waals surface area (Å²) in [7, 11) is 0.